The minimum absolute atomic E-state index is 0.130. The molecule has 4 nitrogen and oxygen atoms in total. The second-order valence-corrected chi connectivity index (χ2v) is 2.63. The van der Waals surface area contributed by atoms with Gasteiger partial charge in [0.15, 0.2) is 0 Å². The summed E-state index contributed by atoms with van der Waals surface area (Å²) in [5.74, 6) is 0.726. The fourth-order valence-electron chi connectivity index (χ4n) is 0.701. The molecule has 11 heavy (non-hydrogen) atoms. The average Bonchev–Trinajstić information content (AvgIpc) is 2.35. The highest BCUT2D eigenvalue weighted by molar-refractivity contribution is 7.71. The minimum Gasteiger partial charge on any atom is -0.381 e. The first-order valence-corrected chi connectivity index (χ1v) is 3.70. The van der Waals surface area contributed by atoms with Crippen LogP contribution in [-0.2, 0) is 11.2 Å². The Morgan fingerprint density at radius 3 is 3.00 bits per heavy atom. The van der Waals surface area contributed by atoms with Crippen molar-refractivity contribution in [1.82, 2.24) is 10.1 Å². The van der Waals surface area contributed by atoms with Crippen LogP contribution < -0.4 is 0 Å². The quantitative estimate of drug-likeness (QED) is 0.702. The van der Waals surface area contributed by atoms with Crippen LogP contribution in [0.15, 0.2) is 4.52 Å². The summed E-state index contributed by atoms with van der Waals surface area (Å²) in [5, 5.41) is 2.60. The zero-order chi connectivity index (χ0) is 8.27. The Balaban J connectivity index is 2.57. The van der Waals surface area contributed by atoms with Gasteiger partial charge in [0.05, 0.1) is 6.10 Å². The predicted molar refractivity (Wildman–Crippen MR) is 41.9 cm³/mol. The Morgan fingerprint density at radius 2 is 2.55 bits per heavy atom. The Morgan fingerprint density at radius 1 is 1.82 bits per heavy atom. The number of aromatic nitrogens is 2. The standard InChI is InChI=1S/C6H10N2O2S/c1-4(9-2)3-5-7-6(11)10-8-5/h4H,3H2,1-2H3,(H,7,8,11). The molecule has 0 aromatic carbocycles. The fourth-order valence-corrected chi connectivity index (χ4v) is 0.853. The lowest BCUT2D eigenvalue weighted by atomic mass is 10.3. The molecule has 1 atom stereocenters. The Labute approximate surface area is 69.5 Å². The van der Waals surface area contributed by atoms with Gasteiger partial charge in [0.1, 0.15) is 5.82 Å². The number of methoxy groups -OCH3 is 1. The number of hydrogen-bond donors (Lipinski definition) is 1. The van der Waals surface area contributed by atoms with Crippen molar-refractivity contribution in [2.24, 2.45) is 0 Å². The molecular weight excluding hydrogens is 164 g/mol. The molecule has 0 bridgehead atoms. The minimum atomic E-state index is 0.130. The van der Waals surface area contributed by atoms with Crippen molar-refractivity contribution in [2.75, 3.05) is 7.11 Å². The van der Waals surface area contributed by atoms with E-state index in [4.69, 9.17) is 9.26 Å². The Kier molecular flexibility index (Phi) is 2.78. The van der Waals surface area contributed by atoms with E-state index in [-0.39, 0.29) is 10.9 Å². The number of rotatable bonds is 3. The summed E-state index contributed by atoms with van der Waals surface area (Å²) in [5.41, 5.74) is 0. The van der Waals surface area contributed by atoms with Crippen LogP contribution in [0.25, 0.3) is 0 Å². The second kappa shape index (κ2) is 3.64. The maximum atomic E-state index is 5.03. The SMILES string of the molecule is COC(C)Cc1nc(=S)o[nH]1. The van der Waals surface area contributed by atoms with Crippen molar-refractivity contribution >= 4 is 12.2 Å². The maximum Gasteiger partial charge on any atom is 0.314 e. The summed E-state index contributed by atoms with van der Waals surface area (Å²) in [6, 6.07) is 0. The molecule has 0 saturated heterocycles. The topological polar surface area (TPSA) is 51.1 Å². The number of nitrogens with one attached hydrogen (secondary N) is 1. The third kappa shape index (κ3) is 2.44. The third-order valence-electron chi connectivity index (χ3n) is 1.37. The predicted octanol–water partition coefficient (Wildman–Crippen LogP) is 1.31. The molecule has 0 aliphatic heterocycles. The van der Waals surface area contributed by atoms with E-state index in [9.17, 15) is 0 Å². The average molecular weight is 174 g/mol. The molecule has 0 aliphatic carbocycles. The fraction of sp³-hybridized carbons (Fsp3) is 0.667. The van der Waals surface area contributed by atoms with Crippen molar-refractivity contribution in [1.29, 1.82) is 0 Å². The summed E-state index contributed by atoms with van der Waals surface area (Å²) >= 11 is 4.67. The molecule has 1 aromatic rings. The summed E-state index contributed by atoms with van der Waals surface area (Å²) in [6.45, 7) is 1.95. The van der Waals surface area contributed by atoms with E-state index in [0.29, 0.717) is 6.42 Å². The van der Waals surface area contributed by atoms with Crippen molar-refractivity contribution in [3.8, 4) is 0 Å². The van der Waals surface area contributed by atoms with Gasteiger partial charge in [-0.05, 0) is 19.1 Å². The van der Waals surface area contributed by atoms with Gasteiger partial charge in [0.25, 0.3) is 0 Å². The number of nitrogens with zero attached hydrogens (tertiary/aromatic N) is 1. The summed E-state index contributed by atoms with van der Waals surface area (Å²) in [4.78, 5) is 4.15. The van der Waals surface area contributed by atoms with E-state index < -0.39 is 0 Å². The van der Waals surface area contributed by atoms with E-state index in [2.05, 4.69) is 22.4 Å². The molecule has 1 N–H and O–H groups in total. The third-order valence-corrected chi connectivity index (χ3v) is 1.54. The van der Waals surface area contributed by atoms with Crippen molar-refractivity contribution in [3.63, 3.8) is 0 Å². The second-order valence-electron chi connectivity index (χ2n) is 2.28. The summed E-state index contributed by atoms with van der Waals surface area (Å²) in [6.07, 6.45) is 0.821. The highest BCUT2D eigenvalue weighted by Gasteiger charge is 2.04. The molecule has 0 saturated carbocycles. The highest BCUT2D eigenvalue weighted by atomic mass is 32.1. The van der Waals surface area contributed by atoms with E-state index in [1.807, 2.05) is 6.92 Å². The lowest BCUT2D eigenvalue weighted by Crippen LogP contribution is -2.09. The van der Waals surface area contributed by atoms with Crippen LogP contribution in [0, 0.1) is 4.84 Å². The molecule has 1 rings (SSSR count). The Bertz CT molecular complexity index is 268. The van der Waals surface area contributed by atoms with Crippen LogP contribution in [0.3, 0.4) is 0 Å². The molecule has 5 heteroatoms. The van der Waals surface area contributed by atoms with Gasteiger partial charge in [0, 0.05) is 13.5 Å². The normalized spacial score (nSPS) is 13.3. The smallest absolute Gasteiger partial charge is 0.314 e. The molecule has 0 fully saturated rings. The van der Waals surface area contributed by atoms with Gasteiger partial charge in [-0.25, -0.2) is 5.16 Å². The first kappa shape index (κ1) is 8.42. The van der Waals surface area contributed by atoms with Crippen LogP contribution in [0.4, 0.5) is 0 Å². The van der Waals surface area contributed by atoms with Crippen molar-refractivity contribution in [2.45, 2.75) is 19.4 Å². The number of ether oxygens (including phenoxy) is 1. The molecule has 1 heterocycles. The largest absolute Gasteiger partial charge is 0.381 e. The van der Waals surface area contributed by atoms with Gasteiger partial charge in [-0.3, -0.25) is 0 Å². The molecule has 0 radical (unpaired) electrons. The van der Waals surface area contributed by atoms with Gasteiger partial charge in [0.2, 0.25) is 0 Å². The molecule has 0 aliphatic rings. The monoisotopic (exact) mass is 174 g/mol. The summed E-state index contributed by atoms with van der Waals surface area (Å²) < 4.78 is 9.76. The van der Waals surface area contributed by atoms with Gasteiger partial charge in [-0.15, -0.1) is 0 Å². The molecule has 1 unspecified atom stereocenters. The van der Waals surface area contributed by atoms with E-state index in [1.54, 1.807) is 7.11 Å². The van der Waals surface area contributed by atoms with Gasteiger partial charge in [-0.1, -0.05) is 0 Å². The van der Waals surface area contributed by atoms with Gasteiger partial charge < -0.3 is 9.26 Å². The molecular formula is C6H10N2O2S. The number of H-pyrrole nitrogens is 1. The molecule has 0 amide bonds. The van der Waals surface area contributed by atoms with E-state index >= 15 is 0 Å². The Hall–Kier alpha value is -0.680. The maximum absolute atomic E-state index is 5.03. The zero-order valence-corrected chi connectivity index (χ0v) is 7.27. The highest BCUT2D eigenvalue weighted by Crippen LogP contribution is 1.98. The lowest BCUT2D eigenvalue weighted by Gasteiger charge is -2.04. The van der Waals surface area contributed by atoms with Crippen LogP contribution >= 0.6 is 12.2 Å². The van der Waals surface area contributed by atoms with Gasteiger partial charge in [-0.2, -0.15) is 4.98 Å². The van der Waals surface area contributed by atoms with Crippen LogP contribution in [-0.4, -0.2) is 23.4 Å². The van der Waals surface area contributed by atoms with Crippen LogP contribution in [0.2, 0.25) is 0 Å². The zero-order valence-electron chi connectivity index (χ0n) is 6.46. The lowest BCUT2D eigenvalue weighted by molar-refractivity contribution is 0.116. The van der Waals surface area contributed by atoms with Crippen molar-refractivity contribution in [3.05, 3.63) is 10.7 Å². The van der Waals surface area contributed by atoms with Crippen molar-refractivity contribution < 1.29 is 9.26 Å². The van der Waals surface area contributed by atoms with Crippen LogP contribution in [0.1, 0.15) is 12.7 Å². The van der Waals surface area contributed by atoms with Gasteiger partial charge >= 0.3 is 4.84 Å². The molecule has 62 valence electrons. The molecule has 0 spiro atoms. The first-order chi connectivity index (χ1) is 5.22. The number of aromatic amines is 1. The molecule has 1 aromatic heterocycles. The first-order valence-electron chi connectivity index (χ1n) is 3.29. The summed E-state index contributed by atoms with van der Waals surface area (Å²) in [7, 11) is 1.65. The number of hydrogen-bond acceptors (Lipinski definition) is 4. The van der Waals surface area contributed by atoms with Crippen LogP contribution in [0.5, 0.6) is 0 Å². The van der Waals surface area contributed by atoms with E-state index in [0.717, 1.165) is 5.82 Å². The van der Waals surface area contributed by atoms with E-state index in [1.165, 1.54) is 0 Å².